The Bertz CT molecular complexity index is 331. The summed E-state index contributed by atoms with van der Waals surface area (Å²) in [6, 6.07) is 6.01. The third kappa shape index (κ3) is 4.10. The first-order valence-corrected chi connectivity index (χ1v) is 5.81. The summed E-state index contributed by atoms with van der Waals surface area (Å²) in [5.41, 5.74) is 5.00. The highest BCUT2D eigenvalue weighted by Gasteiger charge is 2.03. The zero-order valence-electron chi connectivity index (χ0n) is 9.66. The van der Waals surface area contributed by atoms with E-state index < -0.39 is 0 Å². The van der Waals surface area contributed by atoms with Crippen molar-refractivity contribution in [3.05, 3.63) is 34.3 Å². The molecular formula is C12H18ClNO2. The maximum absolute atomic E-state index is 8.76. The molecule has 0 radical (unpaired) electrons. The molecule has 16 heavy (non-hydrogen) atoms. The predicted octanol–water partition coefficient (Wildman–Crippen LogP) is 2.30. The van der Waals surface area contributed by atoms with Crippen LogP contribution in [-0.4, -0.2) is 17.8 Å². The maximum Gasteiger partial charge on any atom is 0.0992 e. The van der Waals surface area contributed by atoms with Crippen LogP contribution in [0, 0.1) is 0 Å². The van der Waals surface area contributed by atoms with Crippen LogP contribution < -0.4 is 5.48 Å². The molecule has 0 aliphatic heterocycles. The van der Waals surface area contributed by atoms with E-state index in [1.807, 2.05) is 12.1 Å². The van der Waals surface area contributed by atoms with E-state index in [2.05, 4.69) is 18.5 Å². The Morgan fingerprint density at radius 3 is 2.81 bits per heavy atom. The molecule has 0 saturated carbocycles. The van der Waals surface area contributed by atoms with E-state index in [4.69, 9.17) is 21.5 Å². The van der Waals surface area contributed by atoms with Gasteiger partial charge in [-0.1, -0.05) is 30.7 Å². The Balaban J connectivity index is 2.48. The van der Waals surface area contributed by atoms with Gasteiger partial charge in [0.15, 0.2) is 0 Å². The van der Waals surface area contributed by atoms with E-state index in [9.17, 15) is 0 Å². The number of hydrogen-bond donors (Lipinski definition) is 2. The molecule has 1 rings (SSSR count). The van der Waals surface area contributed by atoms with Crippen molar-refractivity contribution in [3.63, 3.8) is 0 Å². The van der Waals surface area contributed by atoms with Crippen LogP contribution in [0.15, 0.2) is 18.2 Å². The zero-order valence-corrected chi connectivity index (χ0v) is 10.4. The number of aliphatic hydroxyl groups excluding tert-OH is 1. The lowest BCUT2D eigenvalue weighted by Crippen LogP contribution is -2.24. The summed E-state index contributed by atoms with van der Waals surface area (Å²) in [4.78, 5) is 5.15. The third-order valence-electron chi connectivity index (χ3n) is 2.33. The minimum atomic E-state index is -0.214. The summed E-state index contributed by atoms with van der Waals surface area (Å²) in [6.07, 6.45) is 0.763. The standard InChI is InChI=1S/C12H18ClNO2/c1-3-10-4-5-11(12(13)6-10)7-14-16-9(2)8-15/h4-6,9,14-15H,3,7-8H2,1-2H3. The van der Waals surface area contributed by atoms with Gasteiger partial charge in [0.05, 0.1) is 12.7 Å². The number of rotatable bonds is 6. The van der Waals surface area contributed by atoms with Crippen LogP contribution in [0.4, 0.5) is 0 Å². The van der Waals surface area contributed by atoms with Crippen molar-refractivity contribution in [1.82, 2.24) is 5.48 Å². The van der Waals surface area contributed by atoms with Crippen molar-refractivity contribution >= 4 is 11.6 Å². The van der Waals surface area contributed by atoms with Gasteiger partial charge in [0.25, 0.3) is 0 Å². The van der Waals surface area contributed by atoms with Crippen molar-refractivity contribution in [3.8, 4) is 0 Å². The van der Waals surface area contributed by atoms with E-state index in [0.717, 1.165) is 17.0 Å². The Kier molecular flexibility index (Phi) is 5.77. The Morgan fingerprint density at radius 1 is 1.50 bits per heavy atom. The smallest absolute Gasteiger partial charge is 0.0992 e. The summed E-state index contributed by atoms with van der Waals surface area (Å²) in [5.74, 6) is 0. The van der Waals surface area contributed by atoms with Gasteiger partial charge >= 0.3 is 0 Å². The molecule has 0 saturated heterocycles. The van der Waals surface area contributed by atoms with Gasteiger partial charge in [-0.2, -0.15) is 5.48 Å². The second-order valence-electron chi connectivity index (χ2n) is 3.71. The molecule has 0 fully saturated rings. The maximum atomic E-state index is 8.76. The Labute approximate surface area is 101 Å². The van der Waals surface area contributed by atoms with Gasteiger partial charge in [-0.25, -0.2) is 0 Å². The van der Waals surface area contributed by atoms with Crippen molar-refractivity contribution in [2.45, 2.75) is 32.9 Å². The van der Waals surface area contributed by atoms with E-state index in [1.54, 1.807) is 6.92 Å². The first-order valence-electron chi connectivity index (χ1n) is 5.44. The van der Waals surface area contributed by atoms with Crippen LogP contribution in [0.25, 0.3) is 0 Å². The molecule has 1 atom stereocenters. The predicted molar refractivity (Wildman–Crippen MR) is 65.3 cm³/mol. The van der Waals surface area contributed by atoms with Crippen molar-refractivity contribution in [2.24, 2.45) is 0 Å². The van der Waals surface area contributed by atoms with Gasteiger partial charge in [-0.3, -0.25) is 4.84 Å². The zero-order chi connectivity index (χ0) is 12.0. The monoisotopic (exact) mass is 243 g/mol. The number of hydroxylamine groups is 1. The summed E-state index contributed by atoms with van der Waals surface area (Å²) in [7, 11) is 0. The van der Waals surface area contributed by atoms with Gasteiger partial charge in [-0.15, -0.1) is 0 Å². The van der Waals surface area contributed by atoms with Gasteiger partial charge in [0, 0.05) is 11.6 Å². The van der Waals surface area contributed by atoms with Gasteiger partial charge < -0.3 is 5.11 Å². The number of aliphatic hydroxyl groups is 1. The number of nitrogens with one attached hydrogen (secondary N) is 1. The lowest BCUT2D eigenvalue weighted by Gasteiger charge is -2.11. The van der Waals surface area contributed by atoms with Crippen molar-refractivity contribution < 1.29 is 9.94 Å². The van der Waals surface area contributed by atoms with Crippen LogP contribution in [0.5, 0.6) is 0 Å². The molecule has 0 bridgehead atoms. The molecule has 0 aliphatic carbocycles. The summed E-state index contributed by atoms with van der Waals surface area (Å²) >= 11 is 6.11. The van der Waals surface area contributed by atoms with Crippen LogP contribution >= 0.6 is 11.6 Å². The van der Waals surface area contributed by atoms with Gasteiger partial charge in [-0.05, 0) is 30.5 Å². The molecule has 1 unspecified atom stereocenters. The molecule has 4 heteroatoms. The molecule has 2 N–H and O–H groups in total. The fraction of sp³-hybridized carbons (Fsp3) is 0.500. The second-order valence-corrected chi connectivity index (χ2v) is 4.12. The fourth-order valence-electron chi connectivity index (χ4n) is 1.25. The molecule has 3 nitrogen and oxygen atoms in total. The van der Waals surface area contributed by atoms with E-state index in [0.29, 0.717) is 6.54 Å². The van der Waals surface area contributed by atoms with E-state index in [1.165, 1.54) is 5.56 Å². The molecule has 0 spiro atoms. The van der Waals surface area contributed by atoms with Crippen LogP contribution in [0.2, 0.25) is 5.02 Å². The first-order chi connectivity index (χ1) is 7.67. The Morgan fingerprint density at radius 2 is 2.25 bits per heavy atom. The molecule has 0 aliphatic rings. The molecule has 0 aromatic heterocycles. The molecule has 0 heterocycles. The number of aryl methyl sites for hydroxylation is 1. The SMILES string of the molecule is CCc1ccc(CNOC(C)CO)c(Cl)c1. The van der Waals surface area contributed by atoms with Gasteiger partial charge in [0.1, 0.15) is 0 Å². The van der Waals surface area contributed by atoms with Crippen LogP contribution in [0.3, 0.4) is 0 Å². The number of hydrogen-bond acceptors (Lipinski definition) is 3. The largest absolute Gasteiger partial charge is 0.394 e. The van der Waals surface area contributed by atoms with Crippen molar-refractivity contribution in [1.29, 1.82) is 0 Å². The van der Waals surface area contributed by atoms with E-state index >= 15 is 0 Å². The Hall–Kier alpha value is -0.610. The lowest BCUT2D eigenvalue weighted by atomic mass is 10.1. The molecule has 0 amide bonds. The minimum Gasteiger partial charge on any atom is -0.394 e. The lowest BCUT2D eigenvalue weighted by molar-refractivity contribution is -0.0438. The highest BCUT2D eigenvalue weighted by Crippen LogP contribution is 2.18. The normalized spacial score (nSPS) is 12.8. The summed E-state index contributed by atoms with van der Waals surface area (Å²) in [5, 5.41) is 9.51. The highest BCUT2D eigenvalue weighted by atomic mass is 35.5. The topological polar surface area (TPSA) is 41.5 Å². The average molecular weight is 244 g/mol. The van der Waals surface area contributed by atoms with Crippen LogP contribution in [0.1, 0.15) is 25.0 Å². The quantitative estimate of drug-likeness (QED) is 0.754. The van der Waals surface area contributed by atoms with Crippen molar-refractivity contribution in [2.75, 3.05) is 6.61 Å². The molecular weight excluding hydrogens is 226 g/mol. The molecule has 1 aromatic rings. The second kappa shape index (κ2) is 6.86. The number of halogens is 1. The number of benzene rings is 1. The van der Waals surface area contributed by atoms with Crippen LogP contribution in [-0.2, 0) is 17.8 Å². The average Bonchev–Trinajstić information content (AvgIpc) is 2.30. The van der Waals surface area contributed by atoms with E-state index in [-0.39, 0.29) is 12.7 Å². The molecule has 1 aromatic carbocycles. The summed E-state index contributed by atoms with van der Waals surface area (Å²) < 4.78 is 0. The summed E-state index contributed by atoms with van der Waals surface area (Å²) in [6.45, 7) is 4.41. The van der Waals surface area contributed by atoms with Gasteiger partial charge in [0.2, 0.25) is 0 Å². The minimum absolute atomic E-state index is 0.00446. The highest BCUT2D eigenvalue weighted by molar-refractivity contribution is 6.31. The third-order valence-corrected chi connectivity index (χ3v) is 2.68. The first kappa shape index (κ1) is 13.5. The molecule has 90 valence electrons. The fourth-order valence-corrected chi connectivity index (χ4v) is 1.52.